The molecule has 2 aromatic carbocycles. The number of nitrogens with zero attached hydrogens (tertiary/aromatic N) is 3. The van der Waals surface area contributed by atoms with Crippen LogP contribution in [0.4, 0.5) is 0 Å². The summed E-state index contributed by atoms with van der Waals surface area (Å²) < 4.78 is 0. The molecular formula is C19H19N3OS. The van der Waals surface area contributed by atoms with Crippen LogP contribution in [0.25, 0.3) is 0 Å². The van der Waals surface area contributed by atoms with Crippen molar-refractivity contribution in [2.45, 2.75) is 20.4 Å². The maximum absolute atomic E-state index is 12.1. The number of hydrogen-bond acceptors (Lipinski definition) is 4. The van der Waals surface area contributed by atoms with E-state index in [0.29, 0.717) is 17.5 Å². The zero-order valence-electron chi connectivity index (χ0n) is 13.8. The first-order chi connectivity index (χ1) is 11.6. The molecule has 1 heterocycles. The number of carbonyl (C=O) groups excluding carboxylic acids is 1. The Hall–Kier alpha value is -2.40. The summed E-state index contributed by atoms with van der Waals surface area (Å²) in [6.45, 7) is 4.65. The first-order valence-electron chi connectivity index (χ1n) is 7.79. The molecule has 1 amide bonds. The Morgan fingerprint density at radius 1 is 1.17 bits per heavy atom. The van der Waals surface area contributed by atoms with E-state index in [0.717, 1.165) is 16.7 Å². The van der Waals surface area contributed by atoms with Crippen LogP contribution in [0.1, 0.15) is 22.3 Å². The maximum Gasteiger partial charge on any atom is 0.239 e. The van der Waals surface area contributed by atoms with Crippen molar-refractivity contribution >= 4 is 29.1 Å². The van der Waals surface area contributed by atoms with Gasteiger partial charge in [0.15, 0.2) is 5.17 Å². The molecule has 0 saturated carbocycles. The monoisotopic (exact) mass is 337 g/mol. The van der Waals surface area contributed by atoms with Gasteiger partial charge in [-0.3, -0.25) is 9.69 Å². The molecule has 122 valence electrons. The van der Waals surface area contributed by atoms with Crippen molar-refractivity contribution in [2.24, 2.45) is 10.2 Å². The number of amides is 1. The Balaban J connectivity index is 1.75. The molecule has 5 heteroatoms. The van der Waals surface area contributed by atoms with Crippen molar-refractivity contribution in [1.82, 2.24) is 4.90 Å². The predicted molar refractivity (Wildman–Crippen MR) is 100 cm³/mol. The van der Waals surface area contributed by atoms with Crippen LogP contribution in [0.15, 0.2) is 58.7 Å². The molecule has 0 bridgehead atoms. The standard InChI is InChI=1S/C19H19N3OS/c1-14-8-9-17(15(2)10-14)11-20-21-19-22(18(23)13-24-19)12-16-6-4-3-5-7-16/h3-11H,12-13H2,1-2H3/b20-11-,21-19-. The number of rotatable bonds is 4. The summed E-state index contributed by atoms with van der Waals surface area (Å²) in [7, 11) is 0. The second-order valence-electron chi connectivity index (χ2n) is 5.74. The SMILES string of the molecule is Cc1ccc(/C=N\N=C2/SCC(=O)N2Cc2ccccc2)c(C)c1. The minimum Gasteiger partial charge on any atom is -0.285 e. The normalized spacial score (nSPS) is 16.5. The third-order valence-corrected chi connectivity index (χ3v) is 4.76. The van der Waals surface area contributed by atoms with Crippen molar-refractivity contribution in [3.63, 3.8) is 0 Å². The van der Waals surface area contributed by atoms with E-state index >= 15 is 0 Å². The van der Waals surface area contributed by atoms with Gasteiger partial charge in [-0.1, -0.05) is 65.9 Å². The molecule has 24 heavy (non-hydrogen) atoms. The maximum atomic E-state index is 12.1. The van der Waals surface area contributed by atoms with Gasteiger partial charge in [-0.05, 0) is 30.5 Å². The Morgan fingerprint density at radius 3 is 2.71 bits per heavy atom. The molecule has 1 aliphatic rings. The summed E-state index contributed by atoms with van der Waals surface area (Å²) in [6, 6.07) is 16.1. The van der Waals surface area contributed by atoms with Gasteiger partial charge in [0, 0.05) is 0 Å². The quantitative estimate of drug-likeness (QED) is 0.630. The number of aryl methyl sites for hydroxylation is 2. The molecule has 0 aliphatic carbocycles. The summed E-state index contributed by atoms with van der Waals surface area (Å²) in [5.41, 5.74) is 4.51. The topological polar surface area (TPSA) is 45.0 Å². The van der Waals surface area contributed by atoms with Crippen LogP contribution in [0.3, 0.4) is 0 Å². The lowest BCUT2D eigenvalue weighted by molar-refractivity contribution is -0.124. The fourth-order valence-corrected chi connectivity index (χ4v) is 3.34. The van der Waals surface area contributed by atoms with Gasteiger partial charge in [0.05, 0.1) is 18.5 Å². The smallest absolute Gasteiger partial charge is 0.239 e. The minimum atomic E-state index is 0.0734. The fourth-order valence-electron chi connectivity index (χ4n) is 2.50. The first kappa shape index (κ1) is 16.5. The summed E-state index contributed by atoms with van der Waals surface area (Å²) >= 11 is 1.43. The highest BCUT2D eigenvalue weighted by Gasteiger charge is 2.28. The number of amidine groups is 1. The molecule has 1 fully saturated rings. The van der Waals surface area contributed by atoms with Gasteiger partial charge in [-0.2, -0.15) is 5.10 Å². The Kier molecular flexibility index (Phi) is 5.11. The van der Waals surface area contributed by atoms with Crippen molar-refractivity contribution in [3.8, 4) is 0 Å². The van der Waals surface area contributed by atoms with Crippen molar-refractivity contribution in [2.75, 3.05) is 5.75 Å². The molecule has 2 aromatic rings. The van der Waals surface area contributed by atoms with Crippen LogP contribution in [0.5, 0.6) is 0 Å². The second-order valence-corrected chi connectivity index (χ2v) is 6.68. The van der Waals surface area contributed by atoms with Gasteiger partial charge in [0.25, 0.3) is 0 Å². The van der Waals surface area contributed by atoms with E-state index in [1.54, 1.807) is 11.1 Å². The van der Waals surface area contributed by atoms with Crippen molar-refractivity contribution in [1.29, 1.82) is 0 Å². The largest absolute Gasteiger partial charge is 0.285 e. The average molecular weight is 337 g/mol. The molecule has 1 saturated heterocycles. The van der Waals surface area contributed by atoms with E-state index < -0.39 is 0 Å². The lowest BCUT2D eigenvalue weighted by Crippen LogP contribution is -2.28. The van der Waals surface area contributed by atoms with Gasteiger partial charge in [-0.15, -0.1) is 5.10 Å². The van der Waals surface area contributed by atoms with Gasteiger partial charge in [0.1, 0.15) is 0 Å². The van der Waals surface area contributed by atoms with Gasteiger partial charge in [-0.25, -0.2) is 0 Å². The van der Waals surface area contributed by atoms with Gasteiger partial charge < -0.3 is 0 Å². The highest BCUT2D eigenvalue weighted by Crippen LogP contribution is 2.22. The number of benzene rings is 2. The molecule has 1 aliphatic heterocycles. The van der Waals surface area contributed by atoms with E-state index in [9.17, 15) is 4.79 Å². The minimum absolute atomic E-state index is 0.0734. The van der Waals surface area contributed by atoms with E-state index in [1.165, 1.54) is 17.3 Å². The number of thioether (sulfide) groups is 1. The number of carbonyl (C=O) groups is 1. The molecule has 0 unspecified atom stereocenters. The number of hydrogen-bond donors (Lipinski definition) is 0. The highest BCUT2D eigenvalue weighted by atomic mass is 32.2. The van der Waals surface area contributed by atoms with E-state index in [4.69, 9.17) is 0 Å². The zero-order chi connectivity index (χ0) is 16.9. The molecule has 0 spiro atoms. The summed E-state index contributed by atoms with van der Waals surface area (Å²) in [5.74, 6) is 0.495. The van der Waals surface area contributed by atoms with Crippen molar-refractivity contribution < 1.29 is 4.79 Å². The fraction of sp³-hybridized carbons (Fsp3) is 0.211. The Bertz CT molecular complexity index is 800. The van der Waals surface area contributed by atoms with Crippen molar-refractivity contribution in [3.05, 3.63) is 70.8 Å². The van der Waals surface area contributed by atoms with Crippen LogP contribution in [-0.2, 0) is 11.3 Å². The lowest BCUT2D eigenvalue weighted by atomic mass is 10.1. The molecule has 0 aromatic heterocycles. The average Bonchev–Trinajstić information content (AvgIpc) is 2.91. The van der Waals surface area contributed by atoms with E-state index in [-0.39, 0.29) is 5.91 Å². The summed E-state index contributed by atoms with van der Waals surface area (Å²) in [4.78, 5) is 13.8. The third-order valence-electron chi connectivity index (χ3n) is 3.81. The summed E-state index contributed by atoms with van der Waals surface area (Å²) in [6.07, 6.45) is 1.74. The van der Waals surface area contributed by atoms with Crippen LogP contribution in [-0.4, -0.2) is 27.9 Å². The van der Waals surface area contributed by atoms with Crippen LogP contribution >= 0.6 is 11.8 Å². The second kappa shape index (κ2) is 7.45. The summed E-state index contributed by atoms with van der Waals surface area (Å²) in [5, 5.41) is 9.11. The molecule has 0 atom stereocenters. The third kappa shape index (κ3) is 3.92. The Labute approximate surface area is 146 Å². The Morgan fingerprint density at radius 2 is 1.96 bits per heavy atom. The van der Waals surface area contributed by atoms with E-state index in [1.807, 2.05) is 36.4 Å². The lowest BCUT2D eigenvalue weighted by Gasteiger charge is -2.14. The zero-order valence-corrected chi connectivity index (χ0v) is 14.6. The molecule has 3 rings (SSSR count). The molecular weight excluding hydrogens is 318 g/mol. The van der Waals surface area contributed by atoms with Crippen LogP contribution in [0, 0.1) is 13.8 Å². The first-order valence-corrected chi connectivity index (χ1v) is 8.77. The molecule has 4 nitrogen and oxygen atoms in total. The molecule has 0 N–H and O–H groups in total. The van der Waals surface area contributed by atoms with Gasteiger partial charge in [0.2, 0.25) is 5.91 Å². The van der Waals surface area contributed by atoms with Crippen LogP contribution < -0.4 is 0 Å². The highest BCUT2D eigenvalue weighted by molar-refractivity contribution is 8.15. The van der Waals surface area contributed by atoms with Gasteiger partial charge >= 0.3 is 0 Å². The predicted octanol–water partition coefficient (Wildman–Crippen LogP) is 3.77. The van der Waals surface area contributed by atoms with Crippen LogP contribution in [0.2, 0.25) is 0 Å². The molecule has 0 radical (unpaired) electrons. The van der Waals surface area contributed by atoms with E-state index in [2.05, 4.69) is 36.2 Å².